The van der Waals surface area contributed by atoms with Crippen molar-refractivity contribution in [3.05, 3.63) is 47.4 Å². The van der Waals surface area contributed by atoms with Crippen molar-refractivity contribution in [2.75, 3.05) is 0 Å². The minimum Gasteiger partial charge on any atom is -0.439 e. The lowest BCUT2D eigenvalue weighted by Crippen LogP contribution is -2.12. The zero-order chi connectivity index (χ0) is 13.2. The molecule has 0 saturated heterocycles. The average Bonchev–Trinajstić information content (AvgIpc) is 2.28. The maximum Gasteiger partial charge on any atom is 0.225 e. The van der Waals surface area contributed by atoms with Crippen LogP contribution in [0.1, 0.15) is 26.3 Å². The quantitative estimate of drug-likeness (QED) is 0.760. The van der Waals surface area contributed by atoms with Crippen LogP contribution in [0.15, 0.2) is 36.5 Å². The summed E-state index contributed by atoms with van der Waals surface area (Å²) in [7, 11) is 0. The van der Waals surface area contributed by atoms with Crippen molar-refractivity contribution in [1.29, 1.82) is 0 Å². The molecule has 0 unspecified atom stereocenters. The summed E-state index contributed by atoms with van der Waals surface area (Å²) in [6.45, 7) is 6.42. The van der Waals surface area contributed by atoms with Crippen LogP contribution in [0, 0.1) is 0 Å². The second kappa shape index (κ2) is 4.94. The molecule has 4 heteroatoms. The Morgan fingerprint density at radius 3 is 2.50 bits per heavy atom. The van der Waals surface area contributed by atoms with Gasteiger partial charge in [0.15, 0.2) is 0 Å². The van der Waals surface area contributed by atoms with Crippen LogP contribution >= 0.6 is 11.6 Å². The van der Waals surface area contributed by atoms with Gasteiger partial charge in [0.2, 0.25) is 11.2 Å². The summed E-state index contributed by atoms with van der Waals surface area (Å²) in [6, 6.07) is 9.60. The number of hydrogen-bond acceptors (Lipinski definition) is 3. The average molecular weight is 263 g/mol. The number of hydrogen-bond donors (Lipinski definition) is 0. The van der Waals surface area contributed by atoms with Gasteiger partial charge in [0.25, 0.3) is 0 Å². The molecule has 1 heterocycles. The van der Waals surface area contributed by atoms with Crippen LogP contribution < -0.4 is 4.74 Å². The molecule has 0 radical (unpaired) electrons. The van der Waals surface area contributed by atoms with Gasteiger partial charge in [0.1, 0.15) is 5.75 Å². The highest BCUT2D eigenvalue weighted by Gasteiger charge is 2.18. The van der Waals surface area contributed by atoms with Crippen LogP contribution in [-0.2, 0) is 5.41 Å². The summed E-state index contributed by atoms with van der Waals surface area (Å²) in [5.74, 6) is 1.24. The van der Waals surface area contributed by atoms with E-state index in [1.54, 1.807) is 12.3 Å². The molecule has 0 aliphatic heterocycles. The number of halogens is 1. The summed E-state index contributed by atoms with van der Waals surface area (Å²) in [5.41, 5.74) is 1.13. The van der Waals surface area contributed by atoms with Gasteiger partial charge < -0.3 is 4.74 Å². The second-order valence-electron chi connectivity index (χ2n) is 5.01. The molecule has 3 nitrogen and oxygen atoms in total. The van der Waals surface area contributed by atoms with Crippen molar-refractivity contribution in [3.8, 4) is 11.6 Å². The maximum absolute atomic E-state index is 5.78. The van der Waals surface area contributed by atoms with Crippen molar-refractivity contribution in [3.63, 3.8) is 0 Å². The first kappa shape index (κ1) is 12.8. The molecule has 0 N–H and O–H groups in total. The molecule has 0 amide bonds. The van der Waals surface area contributed by atoms with E-state index in [2.05, 4.69) is 36.8 Å². The third kappa shape index (κ3) is 2.99. The molecule has 0 atom stereocenters. The van der Waals surface area contributed by atoms with E-state index in [1.165, 1.54) is 0 Å². The van der Waals surface area contributed by atoms with E-state index in [9.17, 15) is 0 Å². The van der Waals surface area contributed by atoms with Crippen LogP contribution in [0.5, 0.6) is 11.6 Å². The lowest BCUT2D eigenvalue weighted by Gasteiger charge is -2.22. The zero-order valence-corrected chi connectivity index (χ0v) is 11.4. The molecule has 94 valence electrons. The molecule has 0 spiro atoms. The molecular formula is C14H15ClN2O. The number of rotatable bonds is 2. The molecule has 2 rings (SSSR count). The van der Waals surface area contributed by atoms with E-state index >= 15 is 0 Å². The Bertz CT molecular complexity index is 549. The Kier molecular flexibility index (Phi) is 3.53. The molecule has 0 fully saturated rings. The van der Waals surface area contributed by atoms with Crippen LogP contribution in [0.4, 0.5) is 0 Å². The minimum absolute atomic E-state index is 0.00736. The lowest BCUT2D eigenvalue weighted by atomic mass is 9.86. The number of nitrogens with zero attached hydrogens (tertiary/aromatic N) is 2. The highest BCUT2D eigenvalue weighted by Crippen LogP contribution is 2.33. The third-order valence-electron chi connectivity index (χ3n) is 2.51. The van der Waals surface area contributed by atoms with E-state index in [1.807, 2.05) is 18.2 Å². The molecule has 0 aliphatic carbocycles. The SMILES string of the molecule is CC(C)(C)c1ccccc1Oc1ccnc(Cl)n1. The lowest BCUT2D eigenvalue weighted by molar-refractivity contribution is 0.439. The van der Waals surface area contributed by atoms with Crippen molar-refractivity contribution < 1.29 is 4.74 Å². The smallest absolute Gasteiger partial charge is 0.225 e. The first-order valence-corrected chi connectivity index (χ1v) is 6.10. The van der Waals surface area contributed by atoms with Crippen LogP contribution in [-0.4, -0.2) is 9.97 Å². The Morgan fingerprint density at radius 2 is 1.83 bits per heavy atom. The summed E-state index contributed by atoms with van der Waals surface area (Å²) in [6.07, 6.45) is 1.57. The minimum atomic E-state index is 0.00736. The second-order valence-corrected chi connectivity index (χ2v) is 5.35. The normalized spacial score (nSPS) is 11.3. The van der Waals surface area contributed by atoms with E-state index in [0.29, 0.717) is 5.88 Å². The van der Waals surface area contributed by atoms with Crippen molar-refractivity contribution in [1.82, 2.24) is 9.97 Å². The molecule has 1 aromatic heterocycles. The predicted octanol–water partition coefficient (Wildman–Crippen LogP) is 4.22. The zero-order valence-electron chi connectivity index (χ0n) is 10.6. The first-order chi connectivity index (χ1) is 8.47. The Balaban J connectivity index is 2.35. The van der Waals surface area contributed by atoms with Crippen LogP contribution in [0.3, 0.4) is 0 Å². The fourth-order valence-electron chi connectivity index (χ4n) is 1.66. The van der Waals surface area contributed by atoms with E-state index < -0.39 is 0 Å². The largest absolute Gasteiger partial charge is 0.439 e. The molecule has 0 saturated carbocycles. The van der Waals surface area contributed by atoms with Gasteiger partial charge in [-0.2, -0.15) is 4.98 Å². The Morgan fingerprint density at radius 1 is 1.11 bits per heavy atom. The van der Waals surface area contributed by atoms with E-state index in [-0.39, 0.29) is 10.7 Å². The molecule has 2 aromatic rings. The molecule has 18 heavy (non-hydrogen) atoms. The van der Waals surface area contributed by atoms with Gasteiger partial charge in [-0.05, 0) is 23.1 Å². The predicted molar refractivity (Wildman–Crippen MR) is 72.3 cm³/mol. The van der Waals surface area contributed by atoms with Crippen molar-refractivity contribution in [2.24, 2.45) is 0 Å². The Labute approximate surface area is 112 Å². The van der Waals surface area contributed by atoms with Crippen LogP contribution in [0.25, 0.3) is 0 Å². The topological polar surface area (TPSA) is 35.0 Å². The molecule has 0 aliphatic rings. The number of aromatic nitrogens is 2. The molecular weight excluding hydrogens is 248 g/mol. The van der Waals surface area contributed by atoms with Gasteiger partial charge in [-0.25, -0.2) is 4.98 Å². The van der Waals surface area contributed by atoms with Gasteiger partial charge in [-0.15, -0.1) is 0 Å². The van der Waals surface area contributed by atoms with E-state index in [0.717, 1.165) is 11.3 Å². The summed E-state index contributed by atoms with van der Waals surface area (Å²) < 4.78 is 5.78. The number of benzene rings is 1. The maximum atomic E-state index is 5.78. The highest BCUT2D eigenvalue weighted by molar-refractivity contribution is 6.28. The fraction of sp³-hybridized carbons (Fsp3) is 0.286. The van der Waals surface area contributed by atoms with Crippen LogP contribution in [0.2, 0.25) is 5.28 Å². The highest BCUT2D eigenvalue weighted by atomic mass is 35.5. The number of ether oxygens (including phenoxy) is 1. The fourth-order valence-corrected chi connectivity index (χ4v) is 1.80. The summed E-state index contributed by atoms with van der Waals surface area (Å²) in [4.78, 5) is 7.85. The number of para-hydroxylation sites is 1. The monoisotopic (exact) mass is 262 g/mol. The van der Waals surface area contributed by atoms with Crippen molar-refractivity contribution >= 4 is 11.6 Å². The summed E-state index contributed by atoms with van der Waals surface area (Å²) >= 11 is 5.74. The third-order valence-corrected chi connectivity index (χ3v) is 2.69. The van der Waals surface area contributed by atoms with Gasteiger partial charge in [-0.3, -0.25) is 0 Å². The standard InChI is InChI=1S/C14H15ClN2O/c1-14(2,3)10-6-4-5-7-11(10)18-12-8-9-16-13(15)17-12/h4-9H,1-3H3. The Hall–Kier alpha value is -1.61. The van der Waals surface area contributed by atoms with E-state index in [4.69, 9.17) is 16.3 Å². The molecule has 1 aromatic carbocycles. The van der Waals surface area contributed by atoms with Gasteiger partial charge in [0.05, 0.1) is 0 Å². The van der Waals surface area contributed by atoms with Gasteiger partial charge >= 0.3 is 0 Å². The van der Waals surface area contributed by atoms with Gasteiger partial charge in [-0.1, -0.05) is 39.0 Å². The first-order valence-electron chi connectivity index (χ1n) is 5.73. The van der Waals surface area contributed by atoms with Crippen molar-refractivity contribution in [2.45, 2.75) is 26.2 Å². The summed E-state index contributed by atoms with van der Waals surface area (Å²) in [5, 5.41) is 0.181. The molecule has 0 bridgehead atoms. The van der Waals surface area contributed by atoms with Gasteiger partial charge in [0, 0.05) is 17.8 Å².